The molecule has 5 rings (SSSR count). The minimum Gasteiger partial charge on any atom is -0.398 e. The van der Waals surface area contributed by atoms with Gasteiger partial charge in [0.25, 0.3) is 0 Å². The topological polar surface area (TPSA) is 32.3 Å². The summed E-state index contributed by atoms with van der Waals surface area (Å²) in [5.74, 6) is 1.85. The zero-order valence-corrected chi connectivity index (χ0v) is 27.7. The fraction of sp³-hybridized carbons (Fsp3) is 0.432. The van der Waals surface area contributed by atoms with Crippen molar-refractivity contribution in [2.75, 3.05) is 29.5 Å². The lowest BCUT2D eigenvalue weighted by Gasteiger charge is -2.27. The SMILES string of the molecule is CC1(C)C(/C=C/C2=C(N)C(=C/C=C3/N(CCCCS)c4ccccc4C3(C)C)/CC2)=[N+](CCCCS)c2ccccc21. The molecule has 0 fully saturated rings. The summed E-state index contributed by atoms with van der Waals surface area (Å²) in [4.78, 5) is 2.52. The third-order valence-electron chi connectivity index (χ3n) is 9.42. The van der Waals surface area contributed by atoms with Gasteiger partial charge in [0.05, 0.1) is 5.41 Å². The number of nitrogens with zero attached hydrogens (tertiary/aromatic N) is 2. The van der Waals surface area contributed by atoms with Crippen molar-refractivity contribution in [1.29, 1.82) is 0 Å². The van der Waals surface area contributed by atoms with Crippen LogP contribution in [-0.4, -0.2) is 34.9 Å². The van der Waals surface area contributed by atoms with E-state index >= 15 is 0 Å². The molecule has 0 amide bonds. The summed E-state index contributed by atoms with van der Waals surface area (Å²) in [7, 11) is 0. The molecule has 0 saturated carbocycles. The van der Waals surface area contributed by atoms with Gasteiger partial charge >= 0.3 is 0 Å². The van der Waals surface area contributed by atoms with Crippen LogP contribution in [0.3, 0.4) is 0 Å². The largest absolute Gasteiger partial charge is 0.398 e. The number of para-hydroxylation sites is 2. The summed E-state index contributed by atoms with van der Waals surface area (Å²) in [6.45, 7) is 11.4. The van der Waals surface area contributed by atoms with Gasteiger partial charge in [0.1, 0.15) is 6.54 Å². The van der Waals surface area contributed by atoms with Crippen molar-refractivity contribution in [2.24, 2.45) is 5.73 Å². The van der Waals surface area contributed by atoms with Crippen molar-refractivity contribution < 1.29 is 4.58 Å². The first-order chi connectivity index (χ1) is 20.2. The molecule has 3 nitrogen and oxygen atoms in total. The normalized spacial score (nSPS) is 21.0. The smallest absolute Gasteiger partial charge is 0.209 e. The van der Waals surface area contributed by atoms with E-state index in [4.69, 9.17) is 5.73 Å². The first kappa shape index (κ1) is 30.8. The zero-order chi connectivity index (χ0) is 29.9. The van der Waals surface area contributed by atoms with Crippen LogP contribution in [0, 0.1) is 0 Å². The average Bonchev–Trinajstić information content (AvgIpc) is 3.51. The van der Waals surface area contributed by atoms with Crippen molar-refractivity contribution in [3.05, 3.63) is 107 Å². The standard InChI is InChI=1S/C37H47N3S2/c1-36(2)29-13-5-7-15-31(29)39(23-9-11-25-41)33(36)21-19-27-17-18-28(35(27)38)20-22-34-37(3,4)30-14-6-8-16-32(30)40(34)24-10-12-26-42/h5-8,13-16,19-22,38,41-42H,9-12,17-18,23-26H2,1-4H3/p+1/b27-19+,33-21+. The number of hydrogen-bond acceptors (Lipinski definition) is 4. The fourth-order valence-electron chi connectivity index (χ4n) is 6.98. The van der Waals surface area contributed by atoms with E-state index in [0.717, 1.165) is 68.8 Å². The molecule has 0 radical (unpaired) electrons. The van der Waals surface area contributed by atoms with Crippen LogP contribution in [0.5, 0.6) is 0 Å². The molecule has 2 N–H and O–H groups in total. The highest BCUT2D eigenvalue weighted by atomic mass is 32.1. The highest BCUT2D eigenvalue weighted by Crippen LogP contribution is 2.48. The molecule has 2 aliphatic heterocycles. The predicted octanol–water partition coefficient (Wildman–Crippen LogP) is 8.65. The molecule has 0 aromatic heterocycles. The number of hydrogen-bond donors (Lipinski definition) is 3. The number of benzene rings is 2. The van der Waals surface area contributed by atoms with Crippen molar-refractivity contribution in [1.82, 2.24) is 0 Å². The maximum Gasteiger partial charge on any atom is 0.209 e. The van der Waals surface area contributed by atoms with Gasteiger partial charge in [-0.05, 0) is 86.3 Å². The highest BCUT2D eigenvalue weighted by molar-refractivity contribution is 7.80. The predicted molar refractivity (Wildman–Crippen MR) is 188 cm³/mol. The first-order valence-electron chi connectivity index (χ1n) is 15.6. The Hall–Kier alpha value is -2.63. The molecule has 0 bridgehead atoms. The van der Waals surface area contributed by atoms with Gasteiger partial charge < -0.3 is 10.6 Å². The van der Waals surface area contributed by atoms with Crippen LogP contribution in [0.15, 0.2) is 95.4 Å². The van der Waals surface area contributed by atoms with Crippen LogP contribution in [0.2, 0.25) is 0 Å². The minimum absolute atomic E-state index is 0.0510. The first-order valence-corrected chi connectivity index (χ1v) is 16.9. The van der Waals surface area contributed by atoms with Gasteiger partial charge in [-0.15, -0.1) is 0 Å². The van der Waals surface area contributed by atoms with E-state index in [-0.39, 0.29) is 10.8 Å². The van der Waals surface area contributed by atoms with Crippen LogP contribution < -0.4 is 10.6 Å². The van der Waals surface area contributed by atoms with Gasteiger partial charge in [-0.25, -0.2) is 0 Å². The Morgan fingerprint density at radius 3 is 2.26 bits per heavy atom. The molecule has 2 aromatic rings. The number of unbranched alkanes of at least 4 members (excludes halogenated alkanes) is 2. The maximum atomic E-state index is 6.84. The number of thiol groups is 2. The third kappa shape index (κ3) is 5.79. The molecular formula is C37H48N3S2+. The Labute approximate surface area is 264 Å². The summed E-state index contributed by atoms with van der Waals surface area (Å²) >= 11 is 8.89. The maximum absolute atomic E-state index is 6.84. The Morgan fingerprint density at radius 1 is 0.810 bits per heavy atom. The van der Waals surface area contributed by atoms with E-state index in [0.29, 0.717) is 0 Å². The quantitative estimate of drug-likeness (QED) is 0.137. The zero-order valence-electron chi connectivity index (χ0n) is 25.9. The molecule has 0 atom stereocenters. The Morgan fingerprint density at radius 2 is 1.50 bits per heavy atom. The van der Waals surface area contributed by atoms with Crippen molar-refractivity contribution in [2.45, 2.75) is 77.0 Å². The summed E-state index contributed by atoms with van der Waals surface area (Å²) in [6, 6.07) is 17.7. The molecule has 1 aliphatic carbocycles. The monoisotopic (exact) mass is 598 g/mol. The average molecular weight is 599 g/mol. The van der Waals surface area contributed by atoms with Crippen molar-refractivity contribution in [3.63, 3.8) is 0 Å². The number of anilines is 1. The van der Waals surface area contributed by atoms with Gasteiger partial charge in [0.15, 0.2) is 5.71 Å². The van der Waals surface area contributed by atoms with Gasteiger partial charge in [-0.2, -0.15) is 29.8 Å². The van der Waals surface area contributed by atoms with E-state index < -0.39 is 0 Å². The molecule has 5 heteroatoms. The molecule has 222 valence electrons. The van der Waals surface area contributed by atoms with E-state index in [2.05, 4.69) is 135 Å². The van der Waals surface area contributed by atoms with Crippen LogP contribution >= 0.6 is 25.3 Å². The highest BCUT2D eigenvalue weighted by Gasteiger charge is 2.44. The summed E-state index contributed by atoms with van der Waals surface area (Å²) in [5.41, 5.74) is 18.3. The van der Waals surface area contributed by atoms with E-state index in [9.17, 15) is 0 Å². The number of nitrogens with two attached hydrogens (primary N) is 1. The molecule has 0 saturated heterocycles. The number of allylic oxidation sites excluding steroid dienone is 7. The van der Waals surface area contributed by atoms with Gasteiger partial charge in [0, 0.05) is 53.2 Å². The van der Waals surface area contributed by atoms with Crippen molar-refractivity contribution >= 4 is 42.3 Å². The Balaban J connectivity index is 1.44. The Kier molecular flexibility index (Phi) is 9.49. The fourth-order valence-corrected chi connectivity index (χ4v) is 7.42. The molecule has 0 spiro atoms. The Bertz CT molecular complexity index is 1470. The van der Waals surface area contributed by atoms with Crippen LogP contribution in [0.1, 0.15) is 77.3 Å². The van der Waals surface area contributed by atoms with E-state index in [1.807, 2.05) is 0 Å². The van der Waals surface area contributed by atoms with E-state index in [1.165, 1.54) is 45.1 Å². The van der Waals surface area contributed by atoms with Crippen molar-refractivity contribution in [3.8, 4) is 0 Å². The van der Waals surface area contributed by atoms with Gasteiger partial charge in [-0.1, -0.05) is 62.4 Å². The third-order valence-corrected chi connectivity index (χ3v) is 10.1. The molecule has 42 heavy (non-hydrogen) atoms. The molecule has 3 aliphatic rings. The molecule has 2 heterocycles. The van der Waals surface area contributed by atoms with Crippen LogP contribution in [0.4, 0.5) is 11.4 Å². The summed E-state index contributed by atoms with van der Waals surface area (Å²) in [5, 5.41) is 0. The second-order valence-electron chi connectivity index (χ2n) is 12.9. The molecular weight excluding hydrogens is 551 g/mol. The number of rotatable bonds is 11. The van der Waals surface area contributed by atoms with Crippen LogP contribution in [-0.2, 0) is 10.8 Å². The minimum atomic E-state index is -0.0510. The second-order valence-corrected chi connectivity index (χ2v) is 13.7. The summed E-state index contributed by atoms with van der Waals surface area (Å²) < 4.78 is 2.52. The van der Waals surface area contributed by atoms with E-state index in [1.54, 1.807) is 0 Å². The lowest BCUT2D eigenvalue weighted by molar-refractivity contribution is -0.438. The second kappa shape index (κ2) is 12.9. The lowest BCUT2D eigenvalue weighted by Crippen LogP contribution is -2.28. The number of fused-ring (bicyclic) bond motifs is 2. The molecule has 0 unspecified atom stereocenters. The van der Waals surface area contributed by atoms with Gasteiger partial charge in [0.2, 0.25) is 5.69 Å². The van der Waals surface area contributed by atoms with Gasteiger partial charge in [-0.3, -0.25) is 0 Å². The lowest BCUT2D eigenvalue weighted by atomic mass is 9.81. The summed E-state index contributed by atoms with van der Waals surface area (Å²) in [6.07, 6.45) is 15.7. The van der Waals surface area contributed by atoms with Crippen LogP contribution in [0.25, 0.3) is 0 Å². The molecule has 2 aromatic carbocycles.